The number of benzene rings is 1. The van der Waals surface area contributed by atoms with Gasteiger partial charge in [0.2, 0.25) is 0 Å². The zero-order valence-corrected chi connectivity index (χ0v) is 12.5. The van der Waals surface area contributed by atoms with Crippen LogP contribution in [0.2, 0.25) is 0 Å². The van der Waals surface area contributed by atoms with Crippen LogP contribution in [0.3, 0.4) is 0 Å². The van der Waals surface area contributed by atoms with Crippen molar-refractivity contribution in [3.63, 3.8) is 0 Å². The van der Waals surface area contributed by atoms with E-state index in [1.165, 1.54) is 30.2 Å². The lowest BCUT2D eigenvalue weighted by Crippen LogP contribution is -3.14. The highest BCUT2D eigenvalue weighted by atomic mass is 16.6. The molecule has 1 fully saturated rings. The third-order valence-corrected chi connectivity index (χ3v) is 3.60. The summed E-state index contributed by atoms with van der Waals surface area (Å²) in [5.74, 6) is -0.183. The molecule has 1 aromatic rings. The highest BCUT2D eigenvalue weighted by Crippen LogP contribution is 2.27. The van der Waals surface area contributed by atoms with Gasteiger partial charge in [0.25, 0.3) is 5.91 Å². The Labute approximate surface area is 128 Å². The van der Waals surface area contributed by atoms with E-state index in [1.54, 1.807) is 0 Å². The van der Waals surface area contributed by atoms with E-state index in [4.69, 9.17) is 9.47 Å². The standard InChI is InChI=1S/C14H19N3O5/c1-21-13-3-2-11(10-12(13)17(19)20)14(18)15-4-5-16-6-8-22-9-7-16/h2-3,10H,4-9H2,1H3,(H,15,18)/p+1. The molecule has 0 atom stereocenters. The molecule has 8 nitrogen and oxygen atoms in total. The molecule has 0 aromatic heterocycles. The van der Waals surface area contributed by atoms with Crippen LogP contribution in [0.1, 0.15) is 10.4 Å². The molecule has 0 aliphatic carbocycles. The molecule has 8 heteroatoms. The van der Waals surface area contributed by atoms with Crippen LogP contribution in [0.5, 0.6) is 5.75 Å². The predicted molar refractivity (Wildman–Crippen MR) is 78.4 cm³/mol. The Morgan fingerprint density at radius 1 is 1.45 bits per heavy atom. The Hall–Kier alpha value is -2.19. The summed E-state index contributed by atoms with van der Waals surface area (Å²) in [6.45, 7) is 4.69. The molecular weight excluding hydrogens is 290 g/mol. The van der Waals surface area contributed by atoms with Crippen LogP contribution in [0, 0.1) is 10.1 Å². The number of nitro benzene ring substituents is 1. The van der Waals surface area contributed by atoms with Crippen molar-refractivity contribution < 1.29 is 24.1 Å². The first kappa shape index (κ1) is 16.2. The lowest BCUT2D eigenvalue weighted by atomic mass is 10.1. The van der Waals surface area contributed by atoms with Gasteiger partial charge >= 0.3 is 5.69 Å². The van der Waals surface area contributed by atoms with Crippen molar-refractivity contribution in [3.05, 3.63) is 33.9 Å². The molecule has 1 amide bonds. The Kier molecular flexibility index (Phi) is 5.68. The van der Waals surface area contributed by atoms with Gasteiger partial charge in [-0.05, 0) is 12.1 Å². The van der Waals surface area contributed by atoms with Crippen LogP contribution >= 0.6 is 0 Å². The minimum atomic E-state index is -0.562. The number of carbonyl (C=O) groups excluding carboxylic acids is 1. The largest absolute Gasteiger partial charge is 0.490 e. The minimum Gasteiger partial charge on any atom is -0.490 e. The van der Waals surface area contributed by atoms with Crippen molar-refractivity contribution in [1.29, 1.82) is 0 Å². The molecule has 1 aromatic carbocycles. The van der Waals surface area contributed by atoms with Gasteiger partial charge in [0, 0.05) is 11.6 Å². The van der Waals surface area contributed by atoms with Crippen LogP contribution in [-0.4, -0.2) is 57.3 Å². The van der Waals surface area contributed by atoms with Crippen LogP contribution in [0.15, 0.2) is 18.2 Å². The number of methoxy groups -OCH3 is 1. The second kappa shape index (κ2) is 7.71. The molecule has 0 radical (unpaired) electrons. The molecule has 1 aliphatic heterocycles. The van der Waals surface area contributed by atoms with Gasteiger partial charge in [-0.1, -0.05) is 0 Å². The number of hydrogen-bond acceptors (Lipinski definition) is 5. The number of quaternary nitrogens is 1. The number of carbonyl (C=O) groups is 1. The van der Waals surface area contributed by atoms with E-state index in [2.05, 4.69) is 5.32 Å². The quantitative estimate of drug-likeness (QED) is 0.532. The number of nitrogens with zero attached hydrogens (tertiary/aromatic N) is 1. The first-order chi connectivity index (χ1) is 10.6. The van der Waals surface area contributed by atoms with Crippen molar-refractivity contribution in [2.24, 2.45) is 0 Å². The topological polar surface area (TPSA) is 95.1 Å². The highest BCUT2D eigenvalue weighted by Gasteiger charge is 2.18. The highest BCUT2D eigenvalue weighted by molar-refractivity contribution is 5.95. The fraction of sp³-hybridized carbons (Fsp3) is 0.500. The van der Waals surface area contributed by atoms with Gasteiger partial charge < -0.3 is 19.7 Å². The summed E-state index contributed by atoms with van der Waals surface area (Å²) in [5.41, 5.74) is 0.0402. The molecule has 120 valence electrons. The van der Waals surface area contributed by atoms with E-state index in [1.807, 2.05) is 0 Å². The number of morpholine rings is 1. The van der Waals surface area contributed by atoms with Gasteiger partial charge in [-0.25, -0.2) is 0 Å². The van der Waals surface area contributed by atoms with Gasteiger partial charge in [0.1, 0.15) is 13.1 Å². The van der Waals surface area contributed by atoms with Crippen LogP contribution < -0.4 is 15.0 Å². The third-order valence-electron chi connectivity index (χ3n) is 3.60. The van der Waals surface area contributed by atoms with E-state index < -0.39 is 4.92 Å². The maximum Gasteiger partial charge on any atom is 0.311 e. The van der Waals surface area contributed by atoms with Crippen molar-refractivity contribution in [2.45, 2.75) is 0 Å². The molecule has 2 N–H and O–H groups in total. The van der Waals surface area contributed by atoms with Gasteiger partial charge in [-0.15, -0.1) is 0 Å². The van der Waals surface area contributed by atoms with Gasteiger partial charge in [0.15, 0.2) is 5.75 Å². The maximum absolute atomic E-state index is 12.1. The molecule has 0 saturated carbocycles. The maximum atomic E-state index is 12.1. The fourth-order valence-electron chi connectivity index (χ4n) is 2.34. The lowest BCUT2D eigenvalue weighted by Gasteiger charge is -2.23. The van der Waals surface area contributed by atoms with Crippen molar-refractivity contribution in [3.8, 4) is 5.75 Å². The lowest BCUT2D eigenvalue weighted by molar-refractivity contribution is -0.906. The molecule has 1 aliphatic rings. The summed E-state index contributed by atoms with van der Waals surface area (Å²) in [4.78, 5) is 23.8. The Morgan fingerprint density at radius 2 is 2.18 bits per heavy atom. The number of nitro groups is 1. The molecule has 0 bridgehead atoms. The zero-order chi connectivity index (χ0) is 15.9. The molecule has 0 unspecified atom stereocenters. The molecular formula is C14H20N3O5+. The fourth-order valence-corrected chi connectivity index (χ4v) is 2.34. The number of amides is 1. The summed E-state index contributed by atoms with van der Waals surface area (Å²) in [5, 5.41) is 13.7. The summed E-state index contributed by atoms with van der Waals surface area (Å²) >= 11 is 0. The van der Waals surface area contributed by atoms with E-state index in [0.29, 0.717) is 6.54 Å². The van der Waals surface area contributed by atoms with E-state index in [0.717, 1.165) is 32.8 Å². The monoisotopic (exact) mass is 310 g/mol. The number of rotatable bonds is 6. The number of nitrogens with one attached hydrogen (secondary N) is 2. The van der Waals surface area contributed by atoms with Crippen molar-refractivity contribution in [2.75, 3.05) is 46.5 Å². The average Bonchev–Trinajstić information content (AvgIpc) is 2.55. The summed E-state index contributed by atoms with van der Waals surface area (Å²) < 4.78 is 10.2. The van der Waals surface area contributed by atoms with Crippen LogP contribution in [0.25, 0.3) is 0 Å². The van der Waals surface area contributed by atoms with E-state index in [9.17, 15) is 14.9 Å². The Morgan fingerprint density at radius 3 is 2.82 bits per heavy atom. The number of hydrogen-bond donors (Lipinski definition) is 2. The Balaban J connectivity index is 1.91. The summed E-state index contributed by atoms with van der Waals surface area (Å²) in [6, 6.07) is 4.18. The van der Waals surface area contributed by atoms with Crippen LogP contribution in [-0.2, 0) is 4.74 Å². The molecule has 1 saturated heterocycles. The summed E-state index contributed by atoms with van der Waals surface area (Å²) in [6.07, 6.45) is 0. The minimum absolute atomic E-state index is 0.138. The average molecular weight is 310 g/mol. The molecule has 0 spiro atoms. The first-order valence-electron chi connectivity index (χ1n) is 7.13. The van der Waals surface area contributed by atoms with Gasteiger partial charge in [-0.3, -0.25) is 14.9 Å². The second-order valence-corrected chi connectivity index (χ2v) is 5.01. The van der Waals surface area contributed by atoms with Crippen molar-refractivity contribution >= 4 is 11.6 Å². The number of ether oxygens (including phenoxy) is 2. The Bertz CT molecular complexity index is 543. The molecule has 1 heterocycles. The second-order valence-electron chi connectivity index (χ2n) is 5.01. The molecule has 22 heavy (non-hydrogen) atoms. The summed E-state index contributed by atoms with van der Waals surface area (Å²) in [7, 11) is 1.35. The molecule has 2 rings (SSSR count). The van der Waals surface area contributed by atoms with Gasteiger partial charge in [-0.2, -0.15) is 0 Å². The SMILES string of the molecule is COc1ccc(C(=O)NCC[NH+]2CCOCC2)cc1[N+](=O)[O-]. The van der Waals surface area contributed by atoms with Gasteiger partial charge in [0.05, 0.1) is 38.3 Å². The van der Waals surface area contributed by atoms with Crippen LogP contribution in [0.4, 0.5) is 5.69 Å². The normalized spacial score (nSPS) is 15.3. The van der Waals surface area contributed by atoms with Crippen molar-refractivity contribution in [1.82, 2.24) is 5.32 Å². The van der Waals surface area contributed by atoms with E-state index in [-0.39, 0.29) is 22.9 Å². The smallest absolute Gasteiger partial charge is 0.311 e. The predicted octanol–water partition coefficient (Wildman–Crippen LogP) is -0.752. The van der Waals surface area contributed by atoms with E-state index >= 15 is 0 Å². The zero-order valence-electron chi connectivity index (χ0n) is 12.5. The third kappa shape index (κ3) is 4.15. The first-order valence-corrected chi connectivity index (χ1v) is 7.13.